The van der Waals surface area contributed by atoms with E-state index in [0.29, 0.717) is 16.9 Å². The Morgan fingerprint density at radius 2 is 1.86 bits per heavy atom. The third-order valence-electron chi connectivity index (χ3n) is 3.87. The minimum absolute atomic E-state index is 0.137. The second-order valence-corrected chi connectivity index (χ2v) is 10.1. The van der Waals surface area contributed by atoms with Gasteiger partial charge in [-0.15, -0.1) is 23.1 Å². The van der Waals surface area contributed by atoms with Crippen molar-refractivity contribution in [1.29, 1.82) is 0 Å². The predicted molar refractivity (Wildman–Crippen MR) is 117 cm³/mol. The molecular weight excluding hydrogens is 412 g/mol. The summed E-state index contributed by atoms with van der Waals surface area (Å²) in [5.74, 6) is 0.0788. The monoisotopic (exact) mass is 432 g/mol. The number of rotatable bonds is 7. The van der Waals surface area contributed by atoms with Gasteiger partial charge in [0.05, 0.1) is 14.9 Å². The highest BCUT2D eigenvalue weighted by Gasteiger charge is 2.18. The quantitative estimate of drug-likeness (QED) is 0.521. The van der Waals surface area contributed by atoms with Crippen LogP contribution in [0.4, 0.5) is 11.4 Å². The number of carbonyl (C=O) groups excluding carboxylic acids is 1. The zero-order valence-corrected chi connectivity index (χ0v) is 17.9. The summed E-state index contributed by atoms with van der Waals surface area (Å²) in [6.07, 6.45) is 0. The van der Waals surface area contributed by atoms with Crippen LogP contribution in [0.15, 0.2) is 69.1 Å². The first-order chi connectivity index (χ1) is 13.3. The SMILES string of the molecule is Cc1cccc(NS(=O)(=O)c2cc(NC(=O)CSc3cccs3)ccc2C)c1. The molecule has 0 spiro atoms. The van der Waals surface area contributed by atoms with Gasteiger partial charge in [0.15, 0.2) is 0 Å². The van der Waals surface area contributed by atoms with Crippen LogP contribution in [0.1, 0.15) is 11.1 Å². The van der Waals surface area contributed by atoms with Crippen LogP contribution < -0.4 is 10.0 Å². The summed E-state index contributed by atoms with van der Waals surface area (Å²) in [6, 6.07) is 15.9. The van der Waals surface area contributed by atoms with E-state index in [9.17, 15) is 13.2 Å². The van der Waals surface area contributed by atoms with Crippen LogP contribution in [0.2, 0.25) is 0 Å². The number of benzene rings is 2. The van der Waals surface area contributed by atoms with Crippen LogP contribution in [0, 0.1) is 13.8 Å². The summed E-state index contributed by atoms with van der Waals surface area (Å²) in [7, 11) is -3.77. The number of thioether (sulfide) groups is 1. The Bertz CT molecular complexity index is 1080. The topological polar surface area (TPSA) is 75.3 Å². The number of carbonyl (C=O) groups is 1. The van der Waals surface area contributed by atoms with E-state index >= 15 is 0 Å². The van der Waals surface area contributed by atoms with Gasteiger partial charge in [0.25, 0.3) is 10.0 Å². The molecule has 1 aromatic heterocycles. The molecule has 3 aromatic rings. The lowest BCUT2D eigenvalue weighted by Crippen LogP contribution is -2.17. The van der Waals surface area contributed by atoms with Gasteiger partial charge in [0.1, 0.15) is 0 Å². The number of anilines is 2. The van der Waals surface area contributed by atoms with Gasteiger partial charge >= 0.3 is 0 Å². The highest BCUT2D eigenvalue weighted by atomic mass is 32.2. The molecule has 0 atom stereocenters. The maximum atomic E-state index is 12.8. The number of nitrogens with one attached hydrogen (secondary N) is 2. The van der Waals surface area contributed by atoms with Crippen LogP contribution in [-0.4, -0.2) is 20.1 Å². The molecule has 0 aliphatic carbocycles. The van der Waals surface area contributed by atoms with Gasteiger partial charge < -0.3 is 5.32 Å². The lowest BCUT2D eigenvalue weighted by Gasteiger charge is -2.13. The molecule has 2 N–H and O–H groups in total. The summed E-state index contributed by atoms with van der Waals surface area (Å²) in [4.78, 5) is 12.3. The van der Waals surface area contributed by atoms with Gasteiger partial charge in [0, 0.05) is 11.4 Å². The highest BCUT2D eigenvalue weighted by Crippen LogP contribution is 2.25. The van der Waals surface area contributed by atoms with Gasteiger partial charge in [-0.05, 0) is 60.7 Å². The average Bonchev–Trinajstić information content (AvgIpc) is 3.15. The minimum Gasteiger partial charge on any atom is -0.325 e. The maximum absolute atomic E-state index is 12.8. The van der Waals surface area contributed by atoms with E-state index in [0.717, 1.165) is 9.77 Å². The minimum atomic E-state index is -3.77. The Morgan fingerprint density at radius 1 is 1.04 bits per heavy atom. The molecule has 3 rings (SSSR count). The standard InChI is InChI=1S/C20H20N2O3S3/c1-14-5-3-6-17(11-14)22-28(24,25)18-12-16(9-8-15(18)2)21-19(23)13-27-20-7-4-10-26-20/h3-12,22H,13H2,1-2H3,(H,21,23). The molecule has 28 heavy (non-hydrogen) atoms. The fourth-order valence-corrected chi connectivity index (χ4v) is 5.47. The van der Waals surface area contributed by atoms with E-state index < -0.39 is 10.0 Å². The fourth-order valence-electron chi connectivity index (χ4n) is 2.57. The average molecular weight is 433 g/mol. The molecule has 0 bridgehead atoms. The van der Waals surface area contributed by atoms with Crippen molar-refractivity contribution in [2.45, 2.75) is 23.0 Å². The lowest BCUT2D eigenvalue weighted by molar-refractivity contribution is -0.113. The van der Waals surface area contributed by atoms with Gasteiger partial charge in [-0.3, -0.25) is 9.52 Å². The third-order valence-corrected chi connectivity index (χ3v) is 7.53. The first kappa shape index (κ1) is 20.4. The van der Waals surface area contributed by atoms with Gasteiger partial charge in [-0.1, -0.05) is 24.3 Å². The molecule has 146 valence electrons. The van der Waals surface area contributed by atoms with Crippen LogP contribution in [0.25, 0.3) is 0 Å². The Hall–Kier alpha value is -2.29. The Kier molecular flexibility index (Phi) is 6.43. The maximum Gasteiger partial charge on any atom is 0.262 e. The van der Waals surface area contributed by atoms with Crippen molar-refractivity contribution >= 4 is 50.4 Å². The lowest BCUT2D eigenvalue weighted by atomic mass is 10.2. The first-order valence-electron chi connectivity index (χ1n) is 8.50. The summed E-state index contributed by atoms with van der Waals surface area (Å²) < 4.78 is 29.3. The molecule has 0 radical (unpaired) electrons. The van der Waals surface area contributed by atoms with Crippen LogP contribution >= 0.6 is 23.1 Å². The largest absolute Gasteiger partial charge is 0.325 e. The summed E-state index contributed by atoms with van der Waals surface area (Å²) >= 11 is 3.02. The Labute approximate surface area is 173 Å². The number of sulfonamides is 1. The van der Waals surface area contributed by atoms with Crippen molar-refractivity contribution in [2.75, 3.05) is 15.8 Å². The van der Waals surface area contributed by atoms with E-state index in [1.165, 1.54) is 17.8 Å². The molecule has 0 unspecified atom stereocenters. The molecule has 0 saturated carbocycles. The molecule has 8 heteroatoms. The number of hydrogen-bond donors (Lipinski definition) is 2. The zero-order valence-electron chi connectivity index (χ0n) is 15.4. The molecule has 0 saturated heterocycles. The van der Waals surface area contributed by atoms with Crippen molar-refractivity contribution in [3.63, 3.8) is 0 Å². The third kappa shape index (κ3) is 5.37. The van der Waals surface area contributed by atoms with Crippen molar-refractivity contribution in [2.24, 2.45) is 0 Å². The van der Waals surface area contributed by atoms with Crippen LogP contribution in [-0.2, 0) is 14.8 Å². The van der Waals surface area contributed by atoms with E-state index in [2.05, 4.69) is 10.0 Å². The van der Waals surface area contributed by atoms with Crippen molar-refractivity contribution in [3.8, 4) is 0 Å². The van der Waals surface area contributed by atoms with Crippen LogP contribution in [0.3, 0.4) is 0 Å². The second-order valence-electron chi connectivity index (χ2n) is 6.22. The molecule has 1 heterocycles. The molecule has 1 amide bonds. The molecular formula is C20H20N2O3S3. The predicted octanol–water partition coefficient (Wildman–Crippen LogP) is 4.90. The Morgan fingerprint density at radius 3 is 2.57 bits per heavy atom. The number of aryl methyl sites for hydroxylation is 2. The summed E-state index contributed by atoms with van der Waals surface area (Å²) in [5.41, 5.74) is 2.51. The molecule has 0 fully saturated rings. The van der Waals surface area contributed by atoms with Gasteiger partial charge in [-0.25, -0.2) is 8.42 Å². The van der Waals surface area contributed by atoms with Gasteiger partial charge in [0.2, 0.25) is 5.91 Å². The van der Waals surface area contributed by atoms with Crippen molar-refractivity contribution in [3.05, 3.63) is 71.1 Å². The number of amides is 1. The molecule has 0 aliphatic rings. The number of thiophene rings is 1. The summed E-state index contributed by atoms with van der Waals surface area (Å²) in [5, 5.41) is 4.73. The molecule has 0 aliphatic heterocycles. The van der Waals surface area contributed by atoms with E-state index in [4.69, 9.17) is 0 Å². The van der Waals surface area contributed by atoms with E-state index in [1.54, 1.807) is 48.6 Å². The Balaban J connectivity index is 1.74. The van der Waals surface area contributed by atoms with E-state index in [-0.39, 0.29) is 16.6 Å². The van der Waals surface area contributed by atoms with E-state index in [1.807, 2.05) is 30.5 Å². The normalized spacial score (nSPS) is 11.2. The molecule has 5 nitrogen and oxygen atoms in total. The zero-order chi connectivity index (χ0) is 20.1. The second kappa shape index (κ2) is 8.81. The first-order valence-corrected chi connectivity index (χ1v) is 11.8. The van der Waals surface area contributed by atoms with Crippen molar-refractivity contribution < 1.29 is 13.2 Å². The van der Waals surface area contributed by atoms with Gasteiger partial charge in [-0.2, -0.15) is 0 Å². The smallest absolute Gasteiger partial charge is 0.262 e. The highest BCUT2D eigenvalue weighted by molar-refractivity contribution is 8.01. The van der Waals surface area contributed by atoms with Crippen molar-refractivity contribution in [1.82, 2.24) is 0 Å². The summed E-state index contributed by atoms with van der Waals surface area (Å²) in [6.45, 7) is 3.62. The number of hydrogen-bond acceptors (Lipinski definition) is 5. The molecule has 2 aromatic carbocycles. The van der Waals surface area contributed by atoms with Crippen LogP contribution in [0.5, 0.6) is 0 Å². The fraction of sp³-hybridized carbons (Fsp3) is 0.150.